The van der Waals surface area contributed by atoms with Gasteiger partial charge in [0.15, 0.2) is 0 Å². The fourth-order valence-corrected chi connectivity index (χ4v) is 2.66. The molecule has 0 aliphatic carbocycles. The molecule has 0 aliphatic heterocycles. The number of rotatable bonds is 3. The normalized spacial score (nSPS) is 11.8. The van der Waals surface area contributed by atoms with E-state index in [9.17, 15) is 18.0 Å². The number of hydrogen-bond acceptors (Lipinski definition) is 3. The van der Waals surface area contributed by atoms with Crippen LogP contribution in [-0.4, -0.2) is 25.6 Å². The Kier molecular flexibility index (Phi) is 4.34. The van der Waals surface area contributed by atoms with E-state index in [0.29, 0.717) is 11.2 Å². The van der Waals surface area contributed by atoms with Crippen LogP contribution >= 0.6 is 0 Å². The largest absolute Gasteiger partial charge is 0.419 e. The van der Waals surface area contributed by atoms with Gasteiger partial charge in [-0.2, -0.15) is 23.4 Å². The molecule has 0 unspecified atom stereocenters. The lowest BCUT2D eigenvalue weighted by atomic mass is 10.2. The van der Waals surface area contributed by atoms with Crippen molar-refractivity contribution in [3.8, 4) is 0 Å². The van der Waals surface area contributed by atoms with E-state index in [1.807, 2.05) is 20.0 Å². The van der Waals surface area contributed by atoms with Gasteiger partial charge < -0.3 is 10.6 Å². The second-order valence-electron chi connectivity index (χ2n) is 5.87. The topological polar surface area (TPSA) is 76.8 Å². The first kappa shape index (κ1) is 17.8. The summed E-state index contributed by atoms with van der Waals surface area (Å²) in [5, 5.41) is 13.9. The minimum absolute atomic E-state index is 0.122. The molecular weight excluding hydrogens is 349 g/mol. The zero-order chi connectivity index (χ0) is 19.1. The number of amides is 2. The quantitative estimate of drug-likeness (QED) is 0.748. The summed E-state index contributed by atoms with van der Waals surface area (Å²) >= 11 is 0. The average molecular weight is 366 g/mol. The van der Waals surface area contributed by atoms with Crippen molar-refractivity contribution in [2.45, 2.75) is 19.6 Å². The second kappa shape index (κ2) is 6.36. The van der Waals surface area contributed by atoms with E-state index in [1.165, 1.54) is 7.05 Å². The van der Waals surface area contributed by atoms with Gasteiger partial charge >= 0.3 is 12.2 Å². The van der Waals surface area contributed by atoms with Crippen LogP contribution in [0.15, 0.2) is 24.4 Å². The van der Waals surface area contributed by atoms with E-state index in [-0.39, 0.29) is 12.2 Å². The predicted octanol–water partition coefficient (Wildman–Crippen LogP) is 2.96. The lowest BCUT2D eigenvalue weighted by Crippen LogP contribution is -2.30. The number of aryl methyl sites for hydroxylation is 3. The van der Waals surface area contributed by atoms with Gasteiger partial charge in [0, 0.05) is 30.9 Å². The van der Waals surface area contributed by atoms with Crippen molar-refractivity contribution >= 4 is 22.6 Å². The number of alkyl halides is 3. The van der Waals surface area contributed by atoms with Gasteiger partial charge in [-0.3, -0.25) is 9.36 Å². The zero-order valence-corrected chi connectivity index (χ0v) is 14.3. The molecule has 2 N–H and O–H groups in total. The van der Waals surface area contributed by atoms with Crippen LogP contribution in [0, 0.1) is 6.92 Å². The van der Waals surface area contributed by atoms with E-state index in [1.54, 1.807) is 16.8 Å². The zero-order valence-electron chi connectivity index (χ0n) is 14.3. The summed E-state index contributed by atoms with van der Waals surface area (Å²) < 4.78 is 41.6. The highest BCUT2D eigenvalue weighted by Gasteiger charge is 2.35. The third kappa shape index (κ3) is 3.35. The Bertz CT molecular complexity index is 972. The standard InChI is InChI=1S/C16H17F3N6O/c1-9-11-5-4-10(6-13(11)23-24(9)2)22-15(26)20-8-14-12(16(17,18)19)7-21-25(14)3/h4-7H,8H2,1-3H3,(H2,20,22,26). The summed E-state index contributed by atoms with van der Waals surface area (Å²) in [7, 11) is 3.21. The third-order valence-electron chi connectivity index (χ3n) is 4.17. The van der Waals surface area contributed by atoms with Crippen LogP contribution in [-0.2, 0) is 26.8 Å². The molecule has 3 aromatic rings. The Morgan fingerprint density at radius 3 is 2.65 bits per heavy atom. The van der Waals surface area contributed by atoms with Gasteiger partial charge in [-0.15, -0.1) is 0 Å². The maximum Gasteiger partial charge on any atom is 0.419 e. The fourth-order valence-electron chi connectivity index (χ4n) is 2.66. The fraction of sp³-hybridized carbons (Fsp3) is 0.312. The van der Waals surface area contributed by atoms with Crippen molar-refractivity contribution in [1.29, 1.82) is 0 Å². The highest BCUT2D eigenvalue weighted by molar-refractivity contribution is 5.93. The Morgan fingerprint density at radius 1 is 1.23 bits per heavy atom. The molecule has 7 nitrogen and oxygen atoms in total. The number of benzene rings is 1. The van der Waals surface area contributed by atoms with Crippen molar-refractivity contribution in [2.75, 3.05) is 5.32 Å². The third-order valence-corrected chi connectivity index (χ3v) is 4.17. The SMILES string of the molecule is Cc1c2ccc(NC(=O)NCc3c(C(F)(F)F)cnn3C)cc2nn1C. The molecular formula is C16H17F3N6O. The van der Waals surface area contributed by atoms with E-state index in [2.05, 4.69) is 20.8 Å². The maximum absolute atomic E-state index is 12.9. The van der Waals surface area contributed by atoms with Crippen molar-refractivity contribution in [2.24, 2.45) is 14.1 Å². The molecule has 0 aliphatic rings. The van der Waals surface area contributed by atoms with Crippen LogP contribution in [0.3, 0.4) is 0 Å². The first-order valence-corrected chi connectivity index (χ1v) is 7.73. The van der Waals surface area contributed by atoms with E-state index < -0.39 is 17.8 Å². The molecule has 138 valence electrons. The summed E-state index contributed by atoms with van der Waals surface area (Å²) in [5.74, 6) is 0. The van der Waals surface area contributed by atoms with Crippen molar-refractivity contribution < 1.29 is 18.0 Å². The molecule has 0 saturated carbocycles. The summed E-state index contributed by atoms with van der Waals surface area (Å²) in [6.45, 7) is 1.63. The number of carbonyl (C=O) groups is 1. The minimum Gasteiger partial charge on any atom is -0.332 e. The molecule has 0 bridgehead atoms. The van der Waals surface area contributed by atoms with Crippen LogP contribution in [0.25, 0.3) is 10.9 Å². The molecule has 3 rings (SSSR count). The van der Waals surface area contributed by atoms with Gasteiger partial charge in [-0.25, -0.2) is 4.79 Å². The number of urea groups is 1. The minimum atomic E-state index is -4.52. The van der Waals surface area contributed by atoms with Gasteiger partial charge in [0.05, 0.1) is 29.5 Å². The summed E-state index contributed by atoms with van der Waals surface area (Å²) in [6.07, 6.45) is -3.78. The van der Waals surface area contributed by atoms with Gasteiger partial charge in [0.1, 0.15) is 0 Å². The van der Waals surface area contributed by atoms with Crippen LogP contribution < -0.4 is 10.6 Å². The van der Waals surface area contributed by atoms with Crippen LogP contribution in [0.4, 0.5) is 23.7 Å². The molecule has 0 saturated heterocycles. The highest BCUT2D eigenvalue weighted by Crippen LogP contribution is 2.31. The Hall–Kier alpha value is -3.04. The van der Waals surface area contributed by atoms with Gasteiger partial charge in [0.2, 0.25) is 0 Å². The summed E-state index contributed by atoms with van der Waals surface area (Å²) in [6, 6.07) is 4.62. The Balaban J connectivity index is 1.69. The van der Waals surface area contributed by atoms with E-state index in [0.717, 1.165) is 22.0 Å². The maximum atomic E-state index is 12.9. The van der Waals surface area contributed by atoms with Crippen LogP contribution in [0.2, 0.25) is 0 Å². The lowest BCUT2D eigenvalue weighted by Gasteiger charge is -2.11. The van der Waals surface area contributed by atoms with E-state index >= 15 is 0 Å². The lowest BCUT2D eigenvalue weighted by molar-refractivity contribution is -0.138. The predicted molar refractivity (Wildman–Crippen MR) is 89.5 cm³/mol. The van der Waals surface area contributed by atoms with Crippen LogP contribution in [0.5, 0.6) is 0 Å². The number of nitrogens with zero attached hydrogens (tertiary/aromatic N) is 4. The number of anilines is 1. The Morgan fingerprint density at radius 2 is 1.96 bits per heavy atom. The number of carbonyl (C=O) groups excluding carboxylic acids is 1. The Labute approximate surface area is 146 Å². The molecule has 0 spiro atoms. The molecule has 2 heterocycles. The summed E-state index contributed by atoms with van der Waals surface area (Å²) in [4.78, 5) is 12.0. The average Bonchev–Trinajstić information content (AvgIpc) is 3.05. The van der Waals surface area contributed by atoms with Crippen LogP contribution in [0.1, 0.15) is 17.0 Å². The molecule has 2 aromatic heterocycles. The van der Waals surface area contributed by atoms with Crippen molar-refractivity contribution in [3.05, 3.63) is 41.3 Å². The number of hydrogen-bond donors (Lipinski definition) is 2. The highest BCUT2D eigenvalue weighted by atomic mass is 19.4. The van der Waals surface area contributed by atoms with Crippen molar-refractivity contribution in [3.63, 3.8) is 0 Å². The molecule has 0 radical (unpaired) electrons. The molecule has 10 heteroatoms. The first-order chi connectivity index (χ1) is 12.2. The number of nitrogens with one attached hydrogen (secondary N) is 2. The number of fused-ring (bicyclic) bond motifs is 1. The molecule has 1 aromatic carbocycles. The molecule has 0 fully saturated rings. The molecule has 0 atom stereocenters. The van der Waals surface area contributed by atoms with Crippen molar-refractivity contribution in [1.82, 2.24) is 24.9 Å². The monoisotopic (exact) mass is 366 g/mol. The van der Waals surface area contributed by atoms with Gasteiger partial charge in [-0.1, -0.05) is 0 Å². The van der Waals surface area contributed by atoms with Gasteiger partial charge in [-0.05, 0) is 25.1 Å². The second-order valence-corrected chi connectivity index (χ2v) is 5.87. The smallest absolute Gasteiger partial charge is 0.332 e. The number of halogens is 3. The van der Waals surface area contributed by atoms with E-state index in [4.69, 9.17) is 0 Å². The summed E-state index contributed by atoms with van der Waals surface area (Å²) in [5.41, 5.74) is 1.21. The molecule has 2 amide bonds. The first-order valence-electron chi connectivity index (χ1n) is 7.73. The number of aromatic nitrogens is 4. The van der Waals surface area contributed by atoms with Gasteiger partial charge in [0.25, 0.3) is 0 Å². The molecule has 26 heavy (non-hydrogen) atoms.